The van der Waals surface area contributed by atoms with Crippen molar-refractivity contribution in [1.29, 1.82) is 0 Å². The van der Waals surface area contributed by atoms with E-state index in [-0.39, 0.29) is 0 Å². The second-order valence-electron chi connectivity index (χ2n) is 5.07. The van der Waals surface area contributed by atoms with Crippen molar-refractivity contribution in [2.45, 2.75) is 25.4 Å². The van der Waals surface area contributed by atoms with Gasteiger partial charge in [0.2, 0.25) is 0 Å². The largest absolute Gasteiger partial charge is 0.497 e. The van der Waals surface area contributed by atoms with Gasteiger partial charge in [-0.3, -0.25) is 0 Å². The average molecular weight is 280 g/mol. The summed E-state index contributed by atoms with van der Waals surface area (Å²) in [5.41, 5.74) is 0.955. The molecule has 0 bridgehead atoms. The predicted molar refractivity (Wildman–Crippen MR) is 79.9 cm³/mol. The highest BCUT2D eigenvalue weighted by Gasteiger charge is 2.17. The molecule has 5 nitrogen and oxygen atoms in total. The molecule has 1 saturated heterocycles. The number of hydrogen-bond donors (Lipinski definition) is 2. The van der Waals surface area contributed by atoms with Gasteiger partial charge in [0.25, 0.3) is 0 Å². The lowest BCUT2D eigenvalue weighted by molar-refractivity contribution is 0.0731. The Morgan fingerprint density at radius 2 is 2.25 bits per heavy atom. The monoisotopic (exact) mass is 280 g/mol. The standard InChI is InChI=1S/C15H24N2O3/c1-11(8-12-10-20-7-6-16-12)17-14-9-13(18-2)4-5-15(14)19-3/h4-5,9,11-12,16-17H,6-8,10H2,1-3H3. The molecule has 0 saturated carbocycles. The summed E-state index contributed by atoms with van der Waals surface area (Å²) in [5, 5.41) is 6.95. The van der Waals surface area contributed by atoms with E-state index in [4.69, 9.17) is 14.2 Å². The molecule has 2 rings (SSSR count). The first kappa shape index (κ1) is 14.9. The Morgan fingerprint density at radius 3 is 2.90 bits per heavy atom. The first-order chi connectivity index (χ1) is 9.72. The van der Waals surface area contributed by atoms with E-state index in [9.17, 15) is 0 Å². The molecule has 1 aromatic rings. The number of ether oxygens (including phenoxy) is 3. The second kappa shape index (κ2) is 7.36. The maximum absolute atomic E-state index is 5.48. The van der Waals surface area contributed by atoms with Gasteiger partial charge >= 0.3 is 0 Å². The molecule has 1 aliphatic heterocycles. The first-order valence-corrected chi connectivity index (χ1v) is 7.02. The summed E-state index contributed by atoms with van der Waals surface area (Å²) in [4.78, 5) is 0. The molecular weight excluding hydrogens is 256 g/mol. The van der Waals surface area contributed by atoms with Crippen molar-refractivity contribution >= 4 is 5.69 Å². The molecule has 112 valence electrons. The third-order valence-corrected chi connectivity index (χ3v) is 3.45. The lowest BCUT2D eigenvalue weighted by atomic mass is 10.1. The van der Waals surface area contributed by atoms with Crippen LogP contribution < -0.4 is 20.1 Å². The molecule has 0 aliphatic carbocycles. The summed E-state index contributed by atoms with van der Waals surface area (Å²) >= 11 is 0. The van der Waals surface area contributed by atoms with Crippen molar-refractivity contribution < 1.29 is 14.2 Å². The number of nitrogens with one attached hydrogen (secondary N) is 2. The SMILES string of the molecule is COc1ccc(OC)c(NC(C)CC2COCCN2)c1. The summed E-state index contributed by atoms with van der Waals surface area (Å²) in [6.45, 7) is 4.68. The minimum absolute atomic E-state index is 0.315. The number of hydrogen-bond acceptors (Lipinski definition) is 5. The third-order valence-electron chi connectivity index (χ3n) is 3.45. The number of methoxy groups -OCH3 is 2. The molecule has 20 heavy (non-hydrogen) atoms. The minimum atomic E-state index is 0.315. The Bertz CT molecular complexity index is 420. The molecule has 0 radical (unpaired) electrons. The van der Waals surface area contributed by atoms with Gasteiger partial charge in [-0.25, -0.2) is 0 Å². The summed E-state index contributed by atoms with van der Waals surface area (Å²) < 4.78 is 16.1. The highest BCUT2D eigenvalue weighted by atomic mass is 16.5. The fourth-order valence-corrected chi connectivity index (χ4v) is 2.45. The van der Waals surface area contributed by atoms with Gasteiger partial charge in [0.05, 0.1) is 33.1 Å². The van der Waals surface area contributed by atoms with Crippen LogP contribution in [0, 0.1) is 0 Å². The topological polar surface area (TPSA) is 51.8 Å². The van der Waals surface area contributed by atoms with Crippen LogP contribution in [0.2, 0.25) is 0 Å². The van der Waals surface area contributed by atoms with Gasteiger partial charge < -0.3 is 24.8 Å². The Labute approximate surface area is 120 Å². The van der Waals surface area contributed by atoms with E-state index in [1.807, 2.05) is 18.2 Å². The van der Waals surface area contributed by atoms with E-state index in [1.54, 1.807) is 14.2 Å². The van der Waals surface area contributed by atoms with Crippen LogP contribution in [0.25, 0.3) is 0 Å². The van der Waals surface area contributed by atoms with E-state index in [0.717, 1.165) is 43.4 Å². The average Bonchev–Trinajstić information content (AvgIpc) is 2.48. The van der Waals surface area contributed by atoms with Crippen LogP contribution in [0.4, 0.5) is 5.69 Å². The maximum Gasteiger partial charge on any atom is 0.142 e. The summed E-state index contributed by atoms with van der Waals surface area (Å²) in [6, 6.07) is 6.49. The van der Waals surface area contributed by atoms with Crippen LogP contribution >= 0.6 is 0 Å². The Balaban J connectivity index is 1.96. The highest BCUT2D eigenvalue weighted by Crippen LogP contribution is 2.29. The van der Waals surface area contributed by atoms with Gasteiger partial charge in [-0.2, -0.15) is 0 Å². The van der Waals surface area contributed by atoms with Gasteiger partial charge in [-0.05, 0) is 25.5 Å². The molecule has 0 aromatic heterocycles. The molecule has 1 fully saturated rings. The van der Waals surface area contributed by atoms with Crippen molar-refractivity contribution in [3.63, 3.8) is 0 Å². The van der Waals surface area contributed by atoms with Crippen LogP contribution in [0.5, 0.6) is 11.5 Å². The highest BCUT2D eigenvalue weighted by molar-refractivity contribution is 5.60. The summed E-state index contributed by atoms with van der Waals surface area (Å²) in [7, 11) is 3.34. The molecule has 2 atom stereocenters. The lowest BCUT2D eigenvalue weighted by Crippen LogP contribution is -2.43. The van der Waals surface area contributed by atoms with Crippen molar-refractivity contribution in [3.05, 3.63) is 18.2 Å². The Kier molecular flexibility index (Phi) is 5.49. The molecule has 0 spiro atoms. The molecule has 1 aliphatic rings. The number of benzene rings is 1. The van der Waals surface area contributed by atoms with Gasteiger partial charge in [0.15, 0.2) is 0 Å². The van der Waals surface area contributed by atoms with Crippen LogP contribution in [-0.2, 0) is 4.74 Å². The third kappa shape index (κ3) is 4.02. The second-order valence-corrected chi connectivity index (χ2v) is 5.07. The van der Waals surface area contributed by atoms with Crippen molar-refractivity contribution in [1.82, 2.24) is 5.32 Å². The van der Waals surface area contributed by atoms with Gasteiger partial charge in [0, 0.05) is 24.7 Å². The summed E-state index contributed by atoms with van der Waals surface area (Å²) in [5.74, 6) is 1.64. The van der Waals surface area contributed by atoms with Crippen LogP contribution in [0.1, 0.15) is 13.3 Å². The molecule has 2 N–H and O–H groups in total. The maximum atomic E-state index is 5.48. The fourth-order valence-electron chi connectivity index (χ4n) is 2.45. The smallest absolute Gasteiger partial charge is 0.142 e. The summed E-state index contributed by atoms with van der Waals surface area (Å²) in [6.07, 6.45) is 1.00. The van der Waals surface area contributed by atoms with Crippen LogP contribution in [-0.4, -0.2) is 46.1 Å². The van der Waals surface area contributed by atoms with Crippen LogP contribution in [0.3, 0.4) is 0 Å². The molecule has 5 heteroatoms. The quantitative estimate of drug-likeness (QED) is 0.833. The Hall–Kier alpha value is -1.46. The fraction of sp³-hybridized carbons (Fsp3) is 0.600. The van der Waals surface area contributed by atoms with Crippen LogP contribution in [0.15, 0.2) is 18.2 Å². The number of morpholine rings is 1. The minimum Gasteiger partial charge on any atom is -0.497 e. The zero-order valence-corrected chi connectivity index (χ0v) is 12.4. The molecule has 1 heterocycles. The lowest BCUT2D eigenvalue weighted by Gasteiger charge is -2.27. The van der Waals surface area contributed by atoms with Gasteiger partial charge in [0.1, 0.15) is 11.5 Å². The normalized spacial score (nSPS) is 20.2. The van der Waals surface area contributed by atoms with Gasteiger partial charge in [-0.15, -0.1) is 0 Å². The van der Waals surface area contributed by atoms with Crippen molar-refractivity contribution in [2.24, 2.45) is 0 Å². The van der Waals surface area contributed by atoms with E-state index >= 15 is 0 Å². The number of rotatable bonds is 6. The van der Waals surface area contributed by atoms with Crippen molar-refractivity contribution in [2.75, 3.05) is 39.3 Å². The van der Waals surface area contributed by atoms with E-state index in [0.29, 0.717) is 12.1 Å². The first-order valence-electron chi connectivity index (χ1n) is 7.02. The van der Waals surface area contributed by atoms with Crippen molar-refractivity contribution in [3.8, 4) is 11.5 Å². The zero-order chi connectivity index (χ0) is 14.4. The van der Waals surface area contributed by atoms with E-state index < -0.39 is 0 Å². The van der Waals surface area contributed by atoms with Gasteiger partial charge in [-0.1, -0.05) is 0 Å². The Morgan fingerprint density at radius 1 is 1.40 bits per heavy atom. The molecule has 2 unspecified atom stereocenters. The zero-order valence-electron chi connectivity index (χ0n) is 12.4. The molecular formula is C15H24N2O3. The van der Waals surface area contributed by atoms with E-state index in [2.05, 4.69) is 17.6 Å². The molecule has 1 aromatic carbocycles. The van der Waals surface area contributed by atoms with E-state index in [1.165, 1.54) is 0 Å². The predicted octanol–water partition coefficient (Wildman–Crippen LogP) is 1.88. The number of anilines is 1. The molecule has 0 amide bonds.